The van der Waals surface area contributed by atoms with Gasteiger partial charge in [0.1, 0.15) is 17.5 Å². The van der Waals surface area contributed by atoms with Crippen LogP contribution in [0.2, 0.25) is 0 Å². The molecule has 2 aromatic rings. The van der Waals surface area contributed by atoms with Gasteiger partial charge in [0.15, 0.2) is 0 Å². The van der Waals surface area contributed by atoms with Crippen LogP contribution in [0.15, 0.2) is 30.3 Å². The Kier molecular flexibility index (Phi) is 4.04. The third kappa shape index (κ3) is 3.72. The predicted molar refractivity (Wildman–Crippen MR) is 87.2 cm³/mol. The lowest BCUT2D eigenvalue weighted by molar-refractivity contribution is 0.911. The lowest BCUT2D eigenvalue weighted by Crippen LogP contribution is -2.06. The summed E-state index contributed by atoms with van der Waals surface area (Å²) < 4.78 is 0. The first-order valence-electron chi connectivity index (χ1n) is 7.71. The molecule has 0 unspecified atom stereocenters. The Morgan fingerprint density at radius 3 is 2.48 bits per heavy atom. The lowest BCUT2D eigenvalue weighted by Gasteiger charge is -2.11. The number of benzene rings is 1. The summed E-state index contributed by atoms with van der Waals surface area (Å²) in [4.78, 5) is 9.29. The first kappa shape index (κ1) is 13.9. The SMILES string of the molecule is CCCNc1cc(Nc2ccc(C)cc2)nc(C2CC2)n1. The van der Waals surface area contributed by atoms with Gasteiger partial charge in [-0.15, -0.1) is 0 Å². The lowest BCUT2D eigenvalue weighted by atomic mass is 10.2. The van der Waals surface area contributed by atoms with Crippen molar-refractivity contribution >= 4 is 17.3 Å². The molecule has 21 heavy (non-hydrogen) atoms. The molecular formula is C17H22N4. The smallest absolute Gasteiger partial charge is 0.136 e. The molecule has 1 aliphatic carbocycles. The van der Waals surface area contributed by atoms with Crippen molar-refractivity contribution in [3.63, 3.8) is 0 Å². The van der Waals surface area contributed by atoms with Crippen LogP contribution < -0.4 is 10.6 Å². The van der Waals surface area contributed by atoms with E-state index in [0.717, 1.165) is 36.1 Å². The van der Waals surface area contributed by atoms with E-state index >= 15 is 0 Å². The molecular weight excluding hydrogens is 260 g/mol. The molecule has 0 aliphatic heterocycles. The Labute approximate surface area is 126 Å². The third-order valence-electron chi connectivity index (χ3n) is 3.57. The highest BCUT2D eigenvalue weighted by Crippen LogP contribution is 2.39. The van der Waals surface area contributed by atoms with Crippen LogP contribution in [0, 0.1) is 6.92 Å². The average Bonchev–Trinajstić information content (AvgIpc) is 3.32. The summed E-state index contributed by atoms with van der Waals surface area (Å²) in [6.07, 6.45) is 3.51. The monoisotopic (exact) mass is 282 g/mol. The Balaban J connectivity index is 1.82. The molecule has 0 atom stereocenters. The molecule has 4 nitrogen and oxygen atoms in total. The number of aromatic nitrogens is 2. The van der Waals surface area contributed by atoms with Crippen molar-refractivity contribution < 1.29 is 0 Å². The molecule has 4 heteroatoms. The molecule has 1 aliphatic rings. The Bertz CT molecular complexity index is 603. The quantitative estimate of drug-likeness (QED) is 0.832. The average molecular weight is 282 g/mol. The molecule has 3 rings (SSSR count). The zero-order valence-electron chi connectivity index (χ0n) is 12.7. The van der Waals surface area contributed by atoms with Gasteiger partial charge in [-0.05, 0) is 38.3 Å². The van der Waals surface area contributed by atoms with E-state index in [1.54, 1.807) is 0 Å². The van der Waals surface area contributed by atoms with Gasteiger partial charge in [-0.3, -0.25) is 0 Å². The summed E-state index contributed by atoms with van der Waals surface area (Å²) in [5, 5.41) is 6.74. The normalized spacial score (nSPS) is 14.0. The molecule has 1 heterocycles. The minimum Gasteiger partial charge on any atom is -0.370 e. The van der Waals surface area contributed by atoms with Gasteiger partial charge in [0.2, 0.25) is 0 Å². The van der Waals surface area contributed by atoms with Crippen molar-refractivity contribution in [1.29, 1.82) is 0 Å². The first-order chi connectivity index (χ1) is 10.2. The van der Waals surface area contributed by atoms with Crippen molar-refractivity contribution in [2.45, 2.75) is 39.0 Å². The molecule has 110 valence electrons. The van der Waals surface area contributed by atoms with Gasteiger partial charge in [0.25, 0.3) is 0 Å². The largest absolute Gasteiger partial charge is 0.370 e. The highest BCUT2D eigenvalue weighted by molar-refractivity contribution is 5.59. The minimum atomic E-state index is 0.548. The van der Waals surface area contributed by atoms with Gasteiger partial charge in [-0.25, -0.2) is 9.97 Å². The second kappa shape index (κ2) is 6.12. The summed E-state index contributed by atoms with van der Waals surface area (Å²) in [7, 11) is 0. The van der Waals surface area contributed by atoms with Gasteiger partial charge in [0, 0.05) is 24.2 Å². The van der Waals surface area contributed by atoms with Gasteiger partial charge >= 0.3 is 0 Å². The van der Waals surface area contributed by atoms with E-state index in [4.69, 9.17) is 0 Å². The number of nitrogens with zero attached hydrogens (tertiary/aromatic N) is 2. The van der Waals surface area contributed by atoms with E-state index < -0.39 is 0 Å². The molecule has 0 amide bonds. The van der Waals surface area contributed by atoms with E-state index in [2.05, 4.69) is 58.7 Å². The molecule has 1 fully saturated rings. The fraction of sp³-hybridized carbons (Fsp3) is 0.412. The number of rotatable bonds is 6. The number of hydrogen-bond donors (Lipinski definition) is 2. The predicted octanol–water partition coefficient (Wildman–Crippen LogP) is 4.23. The fourth-order valence-electron chi connectivity index (χ4n) is 2.18. The van der Waals surface area contributed by atoms with Crippen LogP contribution >= 0.6 is 0 Å². The Morgan fingerprint density at radius 1 is 1.10 bits per heavy atom. The van der Waals surface area contributed by atoms with Crippen molar-refractivity contribution in [2.24, 2.45) is 0 Å². The standard InChI is InChI=1S/C17H22N4/c1-3-10-18-15-11-16(21-17(20-15)13-6-7-13)19-14-8-4-12(2)5-9-14/h4-5,8-9,11,13H,3,6-7,10H2,1-2H3,(H2,18,19,20,21). The second-order valence-corrected chi connectivity index (χ2v) is 5.69. The number of anilines is 3. The minimum absolute atomic E-state index is 0.548. The van der Waals surface area contributed by atoms with Crippen LogP contribution in [0.1, 0.15) is 43.5 Å². The molecule has 1 aromatic heterocycles. The van der Waals surface area contributed by atoms with Crippen LogP contribution in [0.4, 0.5) is 17.3 Å². The summed E-state index contributed by atoms with van der Waals surface area (Å²) in [6, 6.07) is 10.3. The fourth-order valence-corrected chi connectivity index (χ4v) is 2.18. The highest BCUT2D eigenvalue weighted by Gasteiger charge is 2.27. The second-order valence-electron chi connectivity index (χ2n) is 5.69. The maximum absolute atomic E-state index is 4.66. The number of aryl methyl sites for hydroxylation is 1. The van der Waals surface area contributed by atoms with Crippen molar-refractivity contribution in [3.8, 4) is 0 Å². The molecule has 1 aromatic carbocycles. The summed E-state index contributed by atoms with van der Waals surface area (Å²) >= 11 is 0. The zero-order chi connectivity index (χ0) is 14.7. The summed E-state index contributed by atoms with van der Waals surface area (Å²) in [5.41, 5.74) is 2.31. The van der Waals surface area contributed by atoms with Crippen molar-refractivity contribution in [1.82, 2.24) is 9.97 Å². The number of hydrogen-bond acceptors (Lipinski definition) is 4. The summed E-state index contributed by atoms with van der Waals surface area (Å²) in [6.45, 7) is 5.18. The van der Waals surface area contributed by atoms with Gasteiger partial charge in [-0.2, -0.15) is 0 Å². The van der Waals surface area contributed by atoms with Crippen LogP contribution in [0.25, 0.3) is 0 Å². The Morgan fingerprint density at radius 2 is 1.81 bits per heavy atom. The van der Waals surface area contributed by atoms with Crippen LogP contribution in [-0.4, -0.2) is 16.5 Å². The van der Waals surface area contributed by atoms with Gasteiger partial charge in [-0.1, -0.05) is 24.6 Å². The van der Waals surface area contributed by atoms with E-state index in [-0.39, 0.29) is 0 Å². The van der Waals surface area contributed by atoms with Crippen LogP contribution in [0.3, 0.4) is 0 Å². The van der Waals surface area contributed by atoms with Crippen LogP contribution in [0.5, 0.6) is 0 Å². The maximum Gasteiger partial charge on any atom is 0.136 e. The maximum atomic E-state index is 4.66. The number of nitrogens with one attached hydrogen (secondary N) is 2. The molecule has 0 radical (unpaired) electrons. The topological polar surface area (TPSA) is 49.8 Å². The third-order valence-corrected chi connectivity index (χ3v) is 3.57. The van der Waals surface area contributed by atoms with E-state index in [9.17, 15) is 0 Å². The molecule has 0 spiro atoms. The van der Waals surface area contributed by atoms with E-state index in [1.165, 1.54) is 18.4 Å². The van der Waals surface area contributed by atoms with Crippen molar-refractivity contribution in [2.75, 3.05) is 17.2 Å². The van der Waals surface area contributed by atoms with Gasteiger partial charge in [0.05, 0.1) is 0 Å². The van der Waals surface area contributed by atoms with Crippen LogP contribution in [-0.2, 0) is 0 Å². The first-order valence-corrected chi connectivity index (χ1v) is 7.71. The van der Waals surface area contributed by atoms with Crippen molar-refractivity contribution in [3.05, 3.63) is 41.7 Å². The molecule has 2 N–H and O–H groups in total. The molecule has 0 saturated heterocycles. The Hall–Kier alpha value is -2.10. The van der Waals surface area contributed by atoms with E-state index in [0.29, 0.717) is 5.92 Å². The van der Waals surface area contributed by atoms with E-state index in [1.807, 2.05) is 6.07 Å². The zero-order valence-corrected chi connectivity index (χ0v) is 12.7. The molecule has 0 bridgehead atoms. The highest BCUT2D eigenvalue weighted by atomic mass is 15.1. The molecule has 1 saturated carbocycles. The summed E-state index contributed by atoms with van der Waals surface area (Å²) in [5.74, 6) is 3.30. The van der Waals surface area contributed by atoms with Gasteiger partial charge < -0.3 is 10.6 Å².